The third kappa shape index (κ3) is 0.835. The summed E-state index contributed by atoms with van der Waals surface area (Å²) in [5, 5.41) is 0. The summed E-state index contributed by atoms with van der Waals surface area (Å²) in [6.45, 7) is 1.26. The summed E-state index contributed by atoms with van der Waals surface area (Å²) in [5.41, 5.74) is 5.52. The molecule has 1 aliphatic heterocycles. The Hall–Kier alpha value is -0.520. The highest BCUT2D eigenvalue weighted by molar-refractivity contribution is 5.00. The smallest absolute Gasteiger partial charge is 0.0631 e. The van der Waals surface area contributed by atoms with Gasteiger partial charge in [-0.15, -0.1) is 6.42 Å². The van der Waals surface area contributed by atoms with Gasteiger partial charge in [-0.05, 0) is 0 Å². The van der Waals surface area contributed by atoms with Gasteiger partial charge < -0.3 is 10.5 Å². The molecule has 0 aromatic carbocycles. The first kappa shape index (κ1) is 5.61. The van der Waals surface area contributed by atoms with E-state index >= 15 is 0 Å². The minimum atomic E-state index is 0.0694. The zero-order valence-electron chi connectivity index (χ0n) is 4.63. The van der Waals surface area contributed by atoms with E-state index in [2.05, 4.69) is 5.92 Å². The van der Waals surface area contributed by atoms with Gasteiger partial charge in [0.25, 0.3) is 0 Å². The topological polar surface area (TPSA) is 35.2 Å². The second-order valence-corrected chi connectivity index (χ2v) is 1.97. The van der Waals surface area contributed by atoms with Crippen LogP contribution in [0, 0.1) is 18.3 Å². The molecule has 2 heteroatoms. The quantitative estimate of drug-likeness (QED) is 0.431. The summed E-state index contributed by atoms with van der Waals surface area (Å²) in [4.78, 5) is 0. The predicted molar refractivity (Wildman–Crippen MR) is 31.1 cm³/mol. The largest absolute Gasteiger partial charge is 0.378 e. The van der Waals surface area contributed by atoms with Crippen LogP contribution in [-0.2, 0) is 4.74 Å². The molecule has 2 nitrogen and oxygen atoms in total. The molecule has 1 rings (SSSR count). The second kappa shape index (κ2) is 2.17. The molecule has 0 amide bonds. The Morgan fingerprint density at radius 2 is 2.38 bits per heavy atom. The third-order valence-electron chi connectivity index (χ3n) is 1.34. The molecule has 2 N–H and O–H groups in total. The van der Waals surface area contributed by atoms with Gasteiger partial charge in [-0.3, -0.25) is 0 Å². The molecule has 1 fully saturated rings. The zero-order valence-corrected chi connectivity index (χ0v) is 4.63. The molecule has 44 valence electrons. The first-order valence-electron chi connectivity index (χ1n) is 2.64. The van der Waals surface area contributed by atoms with Gasteiger partial charge in [0.15, 0.2) is 0 Å². The SMILES string of the molecule is C#C[C@H]1COC[C@H]1N. The van der Waals surface area contributed by atoms with Crippen LogP contribution >= 0.6 is 0 Å². The minimum absolute atomic E-state index is 0.0694. The normalized spacial score (nSPS) is 37.0. The molecule has 8 heavy (non-hydrogen) atoms. The van der Waals surface area contributed by atoms with Crippen LogP contribution in [0.15, 0.2) is 0 Å². The Labute approximate surface area is 49.0 Å². The molecular weight excluding hydrogens is 102 g/mol. The van der Waals surface area contributed by atoms with Crippen LogP contribution < -0.4 is 5.73 Å². The van der Waals surface area contributed by atoms with Crippen LogP contribution in [0.25, 0.3) is 0 Å². The van der Waals surface area contributed by atoms with Crippen molar-refractivity contribution in [3.8, 4) is 12.3 Å². The predicted octanol–water partition coefficient (Wildman–Crippen LogP) is -0.407. The van der Waals surface area contributed by atoms with Crippen LogP contribution in [0.3, 0.4) is 0 Å². The van der Waals surface area contributed by atoms with Gasteiger partial charge in [0, 0.05) is 6.04 Å². The molecule has 0 aliphatic carbocycles. The monoisotopic (exact) mass is 111 g/mol. The summed E-state index contributed by atoms with van der Waals surface area (Å²) in [6, 6.07) is 0.0694. The standard InChI is InChI=1S/C6H9NO/c1-2-5-3-8-4-6(5)7/h1,5-6H,3-4,7H2/t5-,6+/m0/s1. The van der Waals surface area contributed by atoms with Crippen molar-refractivity contribution >= 4 is 0 Å². The number of nitrogens with two attached hydrogens (primary N) is 1. The molecule has 0 bridgehead atoms. The van der Waals surface area contributed by atoms with E-state index < -0.39 is 0 Å². The molecule has 0 radical (unpaired) electrons. The van der Waals surface area contributed by atoms with Gasteiger partial charge in [-0.25, -0.2) is 0 Å². The van der Waals surface area contributed by atoms with Crippen molar-refractivity contribution in [1.82, 2.24) is 0 Å². The first-order chi connectivity index (χ1) is 3.84. The van der Waals surface area contributed by atoms with Gasteiger partial charge >= 0.3 is 0 Å². The average molecular weight is 111 g/mol. The zero-order chi connectivity index (χ0) is 5.98. The van der Waals surface area contributed by atoms with E-state index in [4.69, 9.17) is 16.9 Å². The highest BCUT2D eigenvalue weighted by Gasteiger charge is 2.21. The maximum Gasteiger partial charge on any atom is 0.0631 e. The van der Waals surface area contributed by atoms with Crippen LogP contribution in [0.5, 0.6) is 0 Å². The first-order valence-corrected chi connectivity index (χ1v) is 2.64. The van der Waals surface area contributed by atoms with Crippen molar-refractivity contribution < 1.29 is 4.74 Å². The van der Waals surface area contributed by atoms with Crippen molar-refractivity contribution in [1.29, 1.82) is 0 Å². The summed E-state index contributed by atoms with van der Waals surface area (Å²) in [6.07, 6.45) is 5.11. The van der Waals surface area contributed by atoms with Crippen molar-refractivity contribution in [2.75, 3.05) is 13.2 Å². The number of terminal acetylenes is 1. The van der Waals surface area contributed by atoms with Gasteiger partial charge in [0.2, 0.25) is 0 Å². The molecule has 0 unspecified atom stereocenters. The lowest BCUT2D eigenvalue weighted by Crippen LogP contribution is -2.27. The summed E-state index contributed by atoms with van der Waals surface area (Å²) >= 11 is 0. The van der Waals surface area contributed by atoms with Crippen molar-refractivity contribution in [3.05, 3.63) is 0 Å². The van der Waals surface area contributed by atoms with Gasteiger partial charge in [-0.2, -0.15) is 0 Å². The van der Waals surface area contributed by atoms with Crippen molar-refractivity contribution in [2.24, 2.45) is 11.7 Å². The van der Waals surface area contributed by atoms with Crippen LogP contribution in [0.4, 0.5) is 0 Å². The van der Waals surface area contributed by atoms with Crippen LogP contribution in [-0.4, -0.2) is 19.3 Å². The highest BCUT2D eigenvalue weighted by Crippen LogP contribution is 2.08. The Morgan fingerprint density at radius 3 is 2.62 bits per heavy atom. The summed E-state index contributed by atoms with van der Waals surface area (Å²) < 4.78 is 4.99. The molecule has 0 saturated carbocycles. The van der Waals surface area contributed by atoms with E-state index in [1.165, 1.54) is 0 Å². The van der Waals surface area contributed by atoms with E-state index in [1.54, 1.807) is 0 Å². The van der Waals surface area contributed by atoms with E-state index in [-0.39, 0.29) is 12.0 Å². The minimum Gasteiger partial charge on any atom is -0.378 e. The lowest BCUT2D eigenvalue weighted by Gasteiger charge is -2.01. The Bertz CT molecular complexity index is 116. The van der Waals surface area contributed by atoms with E-state index in [0.29, 0.717) is 13.2 Å². The fourth-order valence-corrected chi connectivity index (χ4v) is 0.743. The molecule has 1 aliphatic rings. The van der Waals surface area contributed by atoms with E-state index in [9.17, 15) is 0 Å². The Balaban J connectivity index is 2.45. The average Bonchev–Trinajstić information content (AvgIpc) is 2.14. The molecular formula is C6H9NO. The van der Waals surface area contributed by atoms with Crippen LogP contribution in [0.2, 0.25) is 0 Å². The summed E-state index contributed by atoms with van der Waals surface area (Å²) in [7, 11) is 0. The molecule has 0 aromatic heterocycles. The van der Waals surface area contributed by atoms with Crippen molar-refractivity contribution in [3.63, 3.8) is 0 Å². The number of rotatable bonds is 0. The highest BCUT2D eigenvalue weighted by atomic mass is 16.5. The maximum absolute atomic E-state index is 5.52. The second-order valence-electron chi connectivity index (χ2n) is 1.97. The maximum atomic E-state index is 5.52. The fourth-order valence-electron chi connectivity index (χ4n) is 0.743. The van der Waals surface area contributed by atoms with E-state index in [0.717, 1.165) is 0 Å². The fraction of sp³-hybridized carbons (Fsp3) is 0.667. The summed E-state index contributed by atoms with van der Waals surface area (Å²) in [5.74, 6) is 2.71. The molecule has 0 aromatic rings. The van der Waals surface area contributed by atoms with Gasteiger partial charge in [0.1, 0.15) is 0 Å². The van der Waals surface area contributed by atoms with E-state index in [1.807, 2.05) is 0 Å². The molecule has 2 atom stereocenters. The Kier molecular flexibility index (Phi) is 1.52. The number of ether oxygens (including phenoxy) is 1. The lowest BCUT2D eigenvalue weighted by molar-refractivity contribution is 0.189. The lowest BCUT2D eigenvalue weighted by atomic mass is 10.1. The Morgan fingerprint density at radius 1 is 1.62 bits per heavy atom. The number of hydrogen-bond donors (Lipinski definition) is 1. The molecule has 0 spiro atoms. The number of hydrogen-bond acceptors (Lipinski definition) is 2. The van der Waals surface area contributed by atoms with Crippen molar-refractivity contribution in [2.45, 2.75) is 6.04 Å². The van der Waals surface area contributed by atoms with Gasteiger partial charge in [0.05, 0.1) is 19.1 Å². The van der Waals surface area contributed by atoms with Crippen LogP contribution in [0.1, 0.15) is 0 Å². The molecule has 1 heterocycles. The molecule has 1 saturated heterocycles. The van der Waals surface area contributed by atoms with Gasteiger partial charge in [-0.1, -0.05) is 5.92 Å². The third-order valence-corrected chi connectivity index (χ3v) is 1.34.